The van der Waals surface area contributed by atoms with Crippen molar-refractivity contribution in [3.8, 4) is 0 Å². The molecule has 12 nitrogen and oxygen atoms in total. The van der Waals surface area contributed by atoms with Gasteiger partial charge in [0.1, 0.15) is 23.8 Å². The fourth-order valence-corrected chi connectivity index (χ4v) is 7.94. The van der Waals surface area contributed by atoms with Gasteiger partial charge in [-0.1, -0.05) is 59.8 Å². The van der Waals surface area contributed by atoms with Crippen molar-refractivity contribution < 1.29 is 28.8 Å². The number of nitrogens with zero attached hydrogens (tertiary/aromatic N) is 3. The molecule has 0 radical (unpaired) electrons. The predicted octanol–water partition coefficient (Wildman–Crippen LogP) is 3.15. The third-order valence-electron chi connectivity index (χ3n) is 10.7. The first kappa shape index (κ1) is 35.6. The number of likely N-dealkylation sites (tertiary alicyclic amines) is 1. The van der Waals surface area contributed by atoms with Gasteiger partial charge in [0.25, 0.3) is 5.91 Å². The van der Waals surface area contributed by atoms with Gasteiger partial charge in [-0.3, -0.25) is 33.8 Å². The van der Waals surface area contributed by atoms with E-state index in [9.17, 15) is 28.8 Å². The van der Waals surface area contributed by atoms with E-state index in [0.29, 0.717) is 32.2 Å². The summed E-state index contributed by atoms with van der Waals surface area (Å²) in [5.74, 6) is -2.97. The third-order valence-corrected chi connectivity index (χ3v) is 10.7. The molecule has 0 spiro atoms. The van der Waals surface area contributed by atoms with Gasteiger partial charge in [-0.05, 0) is 68.1 Å². The van der Waals surface area contributed by atoms with Gasteiger partial charge in [-0.15, -0.1) is 0 Å². The number of amides is 4. The number of hydrogen-bond acceptors (Lipinski definition) is 8. The Bertz CT molecular complexity index is 1370. The van der Waals surface area contributed by atoms with Crippen molar-refractivity contribution in [1.29, 1.82) is 0 Å². The van der Waals surface area contributed by atoms with Gasteiger partial charge in [0.2, 0.25) is 29.3 Å². The highest BCUT2D eigenvalue weighted by atomic mass is 16.2. The van der Waals surface area contributed by atoms with Crippen LogP contribution in [0.3, 0.4) is 0 Å². The van der Waals surface area contributed by atoms with Crippen LogP contribution in [0.4, 0.5) is 0 Å². The van der Waals surface area contributed by atoms with Gasteiger partial charge in [0.05, 0.1) is 12.2 Å². The third kappa shape index (κ3) is 8.11. The average molecular weight is 665 g/mol. The van der Waals surface area contributed by atoms with Gasteiger partial charge in [0.15, 0.2) is 0 Å². The molecular formula is C36H52N6O6. The van der Waals surface area contributed by atoms with Crippen LogP contribution in [-0.4, -0.2) is 80.8 Å². The van der Waals surface area contributed by atoms with Gasteiger partial charge >= 0.3 is 0 Å². The molecule has 3 saturated carbocycles. The van der Waals surface area contributed by atoms with Crippen LogP contribution in [0.25, 0.3) is 0 Å². The summed E-state index contributed by atoms with van der Waals surface area (Å²) in [6, 6.07) is -3.58. The first-order chi connectivity index (χ1) is 22.9. The molecule has 4 fully saturated rings. The van der Waals surface area contributed by atoms with Crippen LogP contribution in [0.15, 0.2) is 18.6 Å². The molecule has 5 rings (SSSR count). The molecular weight excluding hydrogens is 612 g/mol. The Balaban J connectivity index is 1.36. The number of fused-ring (bicyclic) bond motifs is 1. The Labute approximate surface area is 283 Å². The summed E-state index contributed by atoms with van der Waals surface area (Å²) in [6.07, 6.45) is 13.7. The van der Waals surface area contributed by atoms with E-state index in [4.69, 9.17) is 0 Å². The highest BCUT2D eigenvalue weighted by molar-refractivity contribution is 6.40. The summed E-state index contributed by atoms with van der Waals surface area (Å²) in [4.78, 5) is 91.3. The summed E-state index contributed by atoms with van der Waals surface area (Å²) in [6.45, 7) is 7.89. The Kier molecular flexibility index (Phi) is 11.3. The van der Waals surface area contributed by atoms with Crippen LogP contribution >= 0.6 is 0 Å². The molecule has 3 aliphatic carbocycles. The molecule has 4 aliphatic rings. The van der Waals surface area contributed by atoms with Crippen LogP contribution in [0.5, 0.6) is 0 Å². The van der Waals surface area contributed by atoms with E-state index in [2.05, 4.69) is 25.9 Å². The fourth-order valence-electron chi connectivity index (χ4n) is 7.94. The normalized spacial score (nSPS) is 24.6. The first-order valence-corrected chi connectivity index (χ1v) is 18.0. The maximum atomic E-state index is 14.6. The lowest BCUT2D eigenvalue weighted by molar-refractivity contribution is -0.146. The summed E-state index contributed by atoms with van der Waals surface area (Å²) in [7, 11) is 0. The Morgan fingerprint density at radius 3 is 2.25 bits per heavy atom. The minimum Gasteiger partial charge on any atom is -0.344 e. The number of aromatic nitrogens is 2. The zero-order chi connectivity index (χ0) is 34.6. The molecule has 3 N–H and O–H groups in total. The standard InChI is InChI=1S/C36H52N6O6/c1-5-10-25(30(44)29(43)22-15-16-22)39-34(47)28-24-14-9-13-23(24)20-42(28)35(48)31(36(2,3)4)41-33(46)27(21-11-7-6-8-12-21)40-32(45)26-19-37-17-18-38-26/h17-19,21-25,27-28,31H,5-16,20H2,1-4H3,(H,39,47)(H,40,45)(H,41,46)/t23-,24-,25-,27-,28-,31+/m0/s1. The molecule has 0 unspecified atom stereocenters. The number of ketones is 2. The lowest BCUT2D eigenvalue weighted by Crippen LogP contribution is -2.62. The van der Waals surface area contributed by atoms with E-state index in [0.717, 1.165) is 51.4 Å². The molecule has 1 saturated heterocycles. The second-order valence-electron chi connectivity index (χ2n) is 15.4. The monoisotopic (exact) mass is 664 g/mol. The molecule has 48 heavy (non-hydrogen) atoms. The topological polar surface area (TPSA) is 168 Å². The highest BCUT2D eigenvalue weighted by Gasteiger charge is 2.52. The number of carbonyl (C=O) groups is 6. The largest absolute Gasteiger partial charge is 0.344 e. The zero-order valence-electron chi connectivity index (χ0n) is 28.8. The summed E-state index contributed by atoms with van der Waals surface area (Å²) >= 11 is 0. The Morgan fingerprint density at radius 1 is 0.896 bits per heavy atom. The van der Waals surface area contributed by atoms with Gasteiger partial charge in [-0.2, -0.15) is 0 Å². The van der Waals surface area contributed by atoms with Crippen LogP contribution in [0.1, 0.15) is 115 Å². The van der Waals surface area contributed by atoms with Crippen LogP contribution in [0, 0.1) is 29.1 Å². The lowest BCUT2D eigenvalue weighted by Gasteiger charge is -2.38. The number of nitrogens with one attached hydrogen (secondary N) is 3. The first-order valence-electron chi connectivity index (χ1n) is 18.0. The molecule has 4 amide bonds. The SMILES string of the molecule is CCC[C@H](NC(=O)[C@@H]1[C@H]2CCC[C@H]2CN1C(=O)[C@@H](NC(=O)[C@@H](NC(=O)c1cnccn1)C1CCCCC1)C(C)(C)C)C(=O)C(=O)C1CC1. The maximum absolute atomic E-state index is 14.6. The van der Waals surface area contributed by atoms with Crippen molar-refractivity contribution in [2.45, 2.75) is 129 Å². The fraction of sp³-hybridized carbons (Fsp3) is 0.722. The molecule has 0 aromatic carbocycles. The van der Waals surface area contributed by atoms with Crippen molar-refractivity contribution in [1.82, 2.24) is 30.8 Å². The summed E-state index contributed by atoms with van der Waals surface area (Å²) in [5.41, 5.74) is -0.625. The van der Waals surface area contributed by atoms with Gasteiger partial charge in [0, 0.05) is 24.9 Å². The Morgan fingerprint density at radius 2 is 1.62 bits per heavy atom. The Hall–Kier alpha value is -3.70. The van der Waals surface area contributed by atoms with Crippen molar-refractivity contribution in [3.63, 3.8) is 0 Å². The van der Waals surface area contributed by atoms with E-state index in [1.165, 1.54) is 18.6 Å². The van der Waals surface area contributed by atoms with Gasteiger partial charge < -0.3 is 20.9 Å². The number of Topliss-reactive ketones (excluding diaryl/α,β-unsaturated/α-hetero) is 2. The minimum atomic E-state index is -0.983. The predicted molar refractivity (Wildman–Crippen MR) is 177 cm³/mol. The van der Waals surface area contributed by atoms with E-state index < -0.39 is 58.9 Å². The van der Waals surface area contributed by atoms with Gasteiger partial charge in [-0.25, -0.2) is 4.98 Å². The molecule has 1 aromatic rings. The van der Waals surface area contributed by atoms with E-state index in [1.807, 2.05) is 27.7 Å². The van der Waals surface area contributed by atoms with E-state index in [-0.39, 0.29) is 35.3 Å². The number of carbonyl (C=O) groups excluding carboxylic acids is 6. The summed E-state index contributed by atoms with van der Waals surface area (Å²) < 4.78 is 0. The second kappa shape index (κ2) is 15.2. The molecule has 0 bridgehead atoms. The van der Waals surface area contributed by atoms with Crippen molar-refractivity contribution >= 4 is 35.2 Å². The van der Waals surface area contributed by atoms with Crippen molar-refractivity contribution in [3.05, 3.63) is 24.3 Å². The van der Waals surface area contributed by atoms with Crippen molar-refractivity contribution in [2.24, 2.45) is 29.1 Å². The lowest BCUT2D eigenvalue weighted by atomic mass is 9.82. The molecule has 1 aromatic heterocycles. The van der Waals surface area contributed by atoms with Crippen LogP contribution < -0.4 is 16.0 Å². The second-order valence-corrected chi connectivity index (χ2v) is 15.4. The molecule has 1 aliphatic heterocycles. The highest BCUT2D eigenvalue weighted by Crippen LogP contribution is 2.43. The average Bonchev–Trinajstić information content (AvgIpc) is 3.72. The molecule has 262 valence electrons. The number of rotatable bonds is 13. The molecule has 12 heteroatoms. The van der Waals surface area contributed by atoms with Crippen LogP contribution in [0.2, 0.25) is 0 Å². The summed E-state index contributed by atoms with van der Waals surface area (Å²) in [5, 5.41) is 8.79. The molecule has 6 atom stereocenters. The number of hydrogen-bond donors (Lipinski definition) is 3. The van der Waals surface area contributed by atoms with Crippen LogP contribution in [-0.2, 0) is 24.0 Å². The maximum Gasteiger partial charge on any atom is 0.272 e. The van der Waals surface area contributed by atoms with Crippen molar-refractivity contribution in [2.75, 3.05) is 6.54 Å². The quantitative estimate of drug-likeness (QED) is 0.271. The minimum absolute atomic E-state index is 0.0666. The van der Waals surface area contributed by atoms with E-state index in [1.54, 1.807) is 4.90 Å². The zero-order valence-corrected chi connectivity index (χ0v) is 28.8. The van der Waals surface area contributed by atoms with E-state index >= 15 is 0 Å². The smallest absolute Gasteiger partial charge is 0.272 e. The molecule has 2 heterocycles.